The zero-order valence-corrected chi connectivity index (χ0v) is 10.9. The lowest BCUT2D eigenvalue weighted by atomic mass is 10.4. The third kappa shape index (κ3) is 2.25. The number of hydrogen-bond donors (Lipinski definition) is 1. The number of aryl methyl sites for hydroxylation is 2. The van der Waals surface area contributed by atoms with Crippen molar-refractivity contribution in [2.24, 2.45) is 7.05 Å². The van der Waals surface area contributed by atoms with Crippen LogP contribution in [-0.2, 0) is 13.6 Å². The average molecular weight is 248 g/mol. The summed E-state index contributed by atoms with van der Waals surface area (Å²) in [6.45, 7) is 3.02. The monoisotopic (exact) mass is 248 g/mol. The minimum atomic E-state index is 0.744. The van der Waals surface area contributed by atoms with E-state index in [0.717, 1.165) is 29.1 Å². The molecule has 0 radical (unpaired) electrons. The first-order valence-corrected chi connectivity index (χ1v) is 6.73. The van der Waals surface area contributed by atoms with Crippen LogP contribution in [0.4, 0.5) is 0 Å². The topological polar surface area (TPSA) is 42.7 Å². The molecule has 0 bridgehead atoms. The molecule has 0 spiro atoms. The van der Waals surface area contributed by atoms with E-state index in [1.807, 2.05) is 24.0 Å². The molecule has 2 aromatic heterocycles. The molecule has 17 heavy (non-hydrogen) atoms. The quantitative estimate of drug-likeness (QED) is 0.901. The van der Waals surface area contributed by atoms with Gasteiger partial charge < -0.3 is 9.88 Å². The first kappa shape index (κ1) is 10.9. The van der Waals surface area contributed by atoms with Crippen LogP contribution in [0.25, 0.3) is 10.8 Å². The summed E-state index contributed by atoms with van der Waals surface area (Å²) in [5.74, 6) is 0.954. The molecule has 0 atom stereocenters. The minimum absolute atomic E-state index is 0.744. The van der Waals surface area contributed by atoms with Crippen molar-refractivity contribution < 1.29 is 0 Å². The van der Waals surface area contributed by atoms with Crippen molar-refractivity contribution in [2.75, 3.05) is 0 Å². The number of imidazole rings is 1. The van der Waals surface area contributed by atoms with Crippen molar-refractivity contribution in [1.29, 1.82) is 0 Å². The summed E-state index contributed by atoms with van der Waals surface area (Å²) in [6, 6.07) is 0.744. The van der Waals surface area contributed by atoms with Gasteiger partial charge in [-0.2, -0.15) is 0 Å². The van der Waals surface area contributed by atoms with Crippen LogP contribution in [0, 0.1) is 6.92 Å². The van der Waals surface area contributed by atoms with Crippen molar-refractivity contribution in [3.63, 3.8) is 0 Å². The lowest BCUT2D eigenvalue weighted by molar-refractivity contribution is 0.691. The van der Waals surface area contributed by atoms with Crippen LogP contribution >= 0.6 is 11.3 Å². The number of hydrogen-bond acceptors (Lipinski definition) is 4. The number of rotatable bonds is 4. The zero-order chi connectivity index (χ0) is 11.8. The number of nitrogens with zero attached hydrogens (tertiary/aromatic N) is 3. The summed E-state index contributed by atoms with van der Waals surface area (Å²) in [5.41, 5.74) is 1.13. The Bertz CT molecular complexity index is 524. The highest BCUT2D eigenvalue weighted by atomic mass is 32.1. The molecule has 5 heteroatoms. The summed E-state index contributed by atoms with van der Waals surface area (Å²) in [4.78, 5) is 10.3. The highest BCUT2D eigenvalue weighted by Gasteiger charge is 2.21. The Morgan fingerprint density at radius 1 is 1.53 bits per heavy atom. The lowest BCUT2D eigenvalue weighted by Gasteiger charge is -1.99. The zero-order valence-electron chi connectivity index (χ0n) is 10.1. The van der Waals surface area contributed by atoms with E-state index in [4.69, 9.17) is 0 Å². The van der Waals surface area contributed by atoms with Crippen LogP contribution in [0.3, 0.4) is 0 Å². The van der Waals surface area contributed by atoms with Crippen LogP contribution in [0.2, 0.25) is 0 Å². The van der Waals surface area contributed by atoms with E-state index < -0.39 is 0 Å². The molecule has 4 nitrogen and oxygen atoms in total. The lowest BCUT2D eigenvalue weighted by Crippen LogP contribution is -2.14. The first-order chi connectivity index (χ1) is 8.24. The second kappa shape index (κ2) is 4.23. The third-order valence-electron chi connectivity index (χ3n) is 3.03. The molecule has 0 aliphatic heterocycles. The smallest absolute Gasteiger partial charge is 0.168 e. The van der Waals surface area contributed by atoms with E-state index in [2.05, 4.69) is 22.2 Å². The summed E-state index contributed by atoms with van der Waals surface area (Å²) in [6.07, 6.45) is 6.41. The molecule has 0 saturated heterocycles. The van der Waals surface area contributed by atoms with Gasteiger partial charge in [-0.1, -0.05) is 0 Å². The molecule has 3 rings (SSSR count). The second-order valence-corrected chi connectivity index (χ2v) is 5.63. The molecular formula is C12H16N4S. The second-order valence-electron chi connectivity index (χ2n) is 4.54. The fourth-order valence-electron chi connectivity index (χ4n) is 1.78. The Morgan fingerprint density at radius 2 is 2.35 bits per heavy atom. The van der Waals surface area contributed by atoms with E-state index >= 15 is 0 Å². The molecule has 1 aliphatic rings. The summed E-state index contributed by atoms with van der Waals surface area (Å²) in [7, 11) is 2.00. The molecule has 2 heterocycles. The molecule has 1 saturated carbocycles. The fourth-order valence-corrected chi connectivity index (χ4v) is 2.84. The van der Waals surface area contributed by atoms with Crippen LogP contribution in [0.1, 0.15) is 23.4 Å². The molecule has 0 unspecified atom stereocenters. The maximum atomic E-state index is 4.61. The fraction of sp³-hybridized carbons (Fsp3) is 0.500. The maximum absolute atomic E-state index is 4.61. The van der Waals surface area contributed by atoms with Gasteiger partial charge in [-0.15, -0.1) is 11.3 Å². The third-order valence-corrected chi connectivity index (χ3v) is 4.19. The van der Waals surface area contributed by atoms with E-state index in [9.17, 15) is 0 Å². The largest absolute Gasteiger partial charge is 0.332 e. The van der Waals surface area contributed by atoms with Gasteiger partial charge in [-0.3, -0.25) is 0 Å². The number of aromatic nitrogens is 3. The van der Waals surface area contributed by atoms with Crippen LogP contribution < -0.4 is 5.32 Å². The van der Waals surface area contributed by atoms with Crippen molar-refractivity contribution >= 4 is 11.3 Å². The van der Waals surface area contributed by atoms with E-state index in [1.165, 1.54) is 17.7 Å². The highest BCUT2D eigenvalue weighted by Crippen LogP contribution is 2.27. The van der Waals surface area contributed by atoms with Gasteiger partial charge in [0.2, 0.25) is 0 Å². The summed E-state index contributed by atoms with van der Waals surface area (Å²) >= 11 is 1.74. The van der Waals surface area contributed by atoms with Crippen LogP contribution in [0.15, 0.2) is 12.4 Å². The average Bonchev–Trinajstić information content (AvgIpc) is 2.93. The predicted molar refractivity (Wildman–Crippen MR) is 68.9 cm³/mol. The Hall–Kier alpha value is -1.20. The molecule has 1 fully saturated rings. The highest BCUT2D eigenvalue weighted by molar-refractivity contribution is 7.15. The Morgan fingerprint density at radius 3 is 3.00 bits per heavy atom. The molecule has 0 amide bonds. The summed E-state index contributed by atoms with van der Waals surface area (Å²) < 4.78 is 2.01. The Kier molecular flexibility index (Phi) is 2.72. The molecular weight excluding hydrogens is 232 g/mol. The number of thiazole rings is 1. The first-order valence-electron chi connectivity index (χ1n) is 5.91. The van der Waals surface area contributed by atoms with Gasteiger partial charge in [0.1, 0.15) is 0 Å². The van der Waals surface area contributed by atoms with Gasteiger partial charge in [0, 0.05) is 36.9 Å². The van der Waals surface area contributed by atoms with E-state index in [1.54, 1.807) is 11.3 Å². The summed E-state index contributed by atoms with van der Waals surface area (Å²) in [5, 5.41) is 4.55. The van der Waals surface area contributed by atoms with Gasteiger partial charge in [-0.05, 0) is 19.8 Å². The standard InChI is InChI=1S/C12H16N4S/c1-8-10(7-14-9-3-4-9)17-12(15-8)11-13-5-6-16(11)2/h5-6,9,14H,3-4,7H2,1-2H3. The van der Waals surface area contributed by atoms with Crippen LogP contribution in [0.5, 0.6) is 0 Å². The van der Waals surface area contributed by atoms with E-state index in [-0.39, 0.29) is 0 Å². The van der Waals surface area contributed by atoms with Crippen molar-refractivity contribution in [3.8, 4) is 10.8 Å². The normalized spacial score (nSPS) is 15.4. The molecule has 1 aliphatic carbocycles. The molecule has 0 aromatic carbocycles. The van der Waals surface area contributed by atoms with Gasteiger partial charge in [0.05, 0.1) is 5.69 Å². The van der Waals surface area contributed by atoms with Crippen LogP contribution in [-0.4, -0.2) is 20.6 Å². The molecule has 1 N–H and O–H groups in total. The van der Waals surface area contributed by atoms with Gasteiger partial charge >= 0.3 is 0 Å². The Labute approximate surface area is 105 Å². The Balaban J connectivity index is 1.81. The van der Waals surface area contributed by atoms with Gasteiger partial charge in [-0.25, -0.2) is 9.97 Å². The SMILES string of the molecule is Cc1nc(-c2nccn2C)sc1CNC1CC1. The van der Waals surface area contributed by atoms with Crippen molar-refractivity contribution in [2.45, 2.75) is 32.4 Å². The van der Waals surface area contributed by atoms with E-state index in [0.29, 0.717) is 0 Å². The van der Waals surface area contributed by atoms with Gasteiger partial charge in [0.25, 0.3) is 0 Å². The minimum Gasteiger partial charge on any atom is -0.332 e. The maximum Gasteiger partial charge on any atom is 0.168 e. The molecule has 90 valence electrons. The van der Waals surface area contributed by atoms with Crippen molar-refractivity contribution in [3.05, 3.63) is 23.0 Å². The molecule has 2 aromatic rings. The van der Waals surface area contributed by atoms with Gasteiger partial charge in [0.15, 0.2) is 10.8 Å². The predicted octanol–water partition coefficient (Wildman–Crippen LogP) is 2.10. The van der Waals surface area contributed by atoms with Crippen molar-refractivity contribution in [1.82, 2.24) is 19.9 Å². The number of nitrogens with one attached hydrogen (secondary N) is 1.